The van der Waals surface area contributed by atoms with Gasteiger partial charge in [-0.1, -0.05) is 101 Å². The Bertz CT molecular complexity index is 814. The summed E-state index contributed by atoms with van der Waals surface area (Å²) in [6, 6.07) is 22.2. The van der Waals surface area contributed by atoms with E-state index in [1.807, 2.05) is 6.20 Å². The Hall–Kier alpha value is -2.41. The van der Waals surface area contributed by atoms with Gasteiger partial charge in [0.25, 0.3) is 0 Å². The Kier molecular flexibility index (Phi) is 7.84. The van der Waals surface area contributed by atoms with Crippen LogP contribution in [0.2, 0.25) is 0 Å². The van der Waals surface area contributed by atoms with Crippen molar-refractivity contribution >= 4 is 0 Å². The molecule has 0 unspecified atom stereocenters. The van der Waals surface area contributed by atoms with Gasteiger partial charge in [-0.25, -0.2) is 0 Å². The van der Waals surface area contributed by atoms with Crippen LogP contribution in [-0.4, -0.2) is 4.98 Å². The summed E-state index contributed by atoms with van der Waals surface area (Å²) >= 11 is 0. The van der Waals surface area contributed by atoms with E-state index in [4.69, 9.17) is 0 Å². The van der Waals surface area contributed by atoms with Crippen molar-refractivity contribution < 1.29 is 0 Å². The number of hydrogen-bond acceptors (Lipinski definition) is 1. The number of nitrogens with zero attached hydrogens (tertiary/aromatic N) is 1. The molecule has 0 radical (unpaired) electrons. The van der Waals surface area contributed by atoms with Crippen LogP contribution in [0.1, 0.15) is 63.6 Å². The molecule has 0 amide bonds. The van der Waals surface area contributed by atoms with Crippen molar-refractivity contribution in [2.24, 2.45) is 0 Å². The molecule has 0 aliphatic rings. The zero-order valence-corrected chi connectivity index (χ0v) is 17.5. The first-order chi connectivity index (χ1) is 13.8. The maximum atomic E-state index is 4.68. The molecule has 0 aliphatic heterocycles. The molecular formula is C27H33N. The Morgan fingerprint density at radius 1 is 0.536 bits per heavy atom. The molecule has 1 nitrogen and oxygen atoms in total. The first-order valence-corrected chi connectivity index (χ1v) is 10.9. The lowest BCUT2D eigenvalue weighted by molar-refractivity contribution is 0.628. The second kappa shape index (κ2) is 10.8. The van der Waals surface area contributed by atoms with Gasteiger partial charge in [0, 0.05) is 17.5 Å². The maximum Gasteiger partial charge on any atom is 0.0404 e. The van der Waals surface area contributed by atoms with E-state index < -0.39 is 0 Å². The molecule has 1 heterocycles. The molecule has 0 spiro atoms. The highest BCUT2D eigenvalue weighted by Crippen LogP contribution is 2.25. The quantitative estimate of drug-likeness (QED) is 0.330. The highest BCUT2D eigenvalue weighted by atomic mass is 14.7. The van der Waals surface area contributed by atoms with E-state index in [9.17, 15) is 0 Å². The van der Waals surface area contributed by atoms with Gasteiger partial charge in [0.2, 0.25) is 0 Å². The van der Waals surface area contributed by atoms with Gasteiger partial charge >= 0.3 is 0 Å². The number of rotatable bonds is 10. The van der Waals surface area contributed by atoms with Crippen LogP contribution in [0.15, 0.2) is 66.9 Å². The van der Waals surface area contributed by atoms with E-state index in [1.54, 1.807) is 0 Å². The highest BCUT2D eigenvalue weighted by molar-refractivity contribution is 5.70. The van der Waals surface area contributed by atoms with Gasteiger partial charge in [-0.3, -0.25) is 4.98 Å². The number of unbranched alkanes of at least 4 members (excludes halogenated alkanes) is 4. The Balaban J connectivity index is 1.60. The van der Waals surface area contributed by atoms with Crippen LogP contribution >= 0.6 is 0 Å². The standard InChI is InChI=1S/C27H33N/c1-3-5-6-7-8-10-27-20-19-26(21-28-27)25-17-15-24(16-18-25)23-13-11-22(9-4-2)12-14-23/h11-21H,3-10H2,1-2H3. The fraction of sp³-hybridized carbons (Fsp3) is 0.370. The molecule has 3 rings (SSSR count). The Labute approximate surface area is 170 Å². The molecule has 0 atom stereocenters. The minimum Gasteiger partial charge on any atom is -0.261 e. The van der Waals surface area contributed by atoms with Crippen molar-refractivity contribution in [1.29, 1.82) is 0 Å². The summed E-state index contributed by atoms with van der Waals surface area (Å²) in [6.07, 6.45) is 12.0. The highest BCUT2D eigenvalue weighted by Gasteiger charge is 2.02. The number of pyridine rings is 1. The van der Waals surface area contributed by atoms with Crippen LogP contribution < -0.4 is 0 Å². The van der Waals surface area contributed by atoms with Gasteiger partial charge in [-0.2, -0.15) is 0 Å². The van der Waals surface area contributed by atoms with Crippen LogP contribution in [0.4, 0.5) is 0 Å². The van der Waals surface area contributed by atoms with E-state index in [2.05, 4.69) is 79.5 Å². The predicted octanol–water partition coefficient (Wildman–Crippen LogP) is 7.88. The lowest BCUT2D eigenvalue weighted by atomic mass is 9.99. The zero-order chi connectivity index (χ0) is 19.6. The van der Waals surface area contributed by atoms with Gasteiger partial charge in [0.05, 0.1) is 0 Å². The smallest absolute Gasteiger partial charge is 0.0404 e. The average Bonchev–Trinajstić information content (AvgIpc) is 2.75. The number of aromatic nitrogens is 1. The molecule has 1 aromatic heterocycles. The number of aryl methyl sites for hydroxylation is 2. The molecule has 0 fully saturated rings. The predicted molar refractivity (Wildman–Crippen MR) is 122 cm³/mol. The largest absolute Gasteiger partial charge is 0.261 e. The summed E-state index contributed by atoms with van der Waals surface area (Å²) in [7, 11) is 0. The Morgan fingerprint density at radius 3 is 1.68 bits per heavy atom. The zero-order valence-electron chi connectivity index (χ0n) is 17.5. The van der Waals surface area contributed by atoms with E-state index in [0.717, 1.165) is 12.8 Å². The minimum absolute atomic E-state index is 1.09. The monoisotopic (exact) mass is 371 g/mol. The molecular weight excluding hydrogens is 338 g/mol. The van der Waals surface area contributed by atoms with Crippen LogP contribution in [-0.2, 0) is 12.8 Å². The summed E-state index contributed by atoms with van der Waals surface area (Å²) in [6.45, 7) is 4.48. The fourth-order valence-electron chi connectivity index (χ4n) is 3.66. The van der Waals surface area contributed by atoms with E-state index in [0.29, 0.717) is 0 Å². The Morgan fingerprint density at radius 2 is 1.11 bits per heavy atom. The third kappa shape index (κ3) is 5.79. The van der Waals surface area contributed by atoms with Crippen molar-refractivity contribution in [3.05, 3.63) is 78.1 Å². The van der Waals surface area contributed by atoms with Gasteiger partial charge in [0.1, 0.15) is 0 Å². The van der Waals surface area contributed by atoms with Gasteiger partial charge in [-0.15, -0.1) is 0 Å². The minimum atomic E-state index is 1.09. The van der Waals surface area contributed by atoms with Crippen molar-refractivity contribution in [2.75, 3.05) is 0 Å². The lowest BCUT2D eigenvalue weighted by Crippen LogP contribution is -1.91. The van der Waals surface area contributed by atoms with E-state index >= 15 is 0 Å². The number of benzene rings is 2. The third-order valence-corrected chi connectivity index (χ3v) is 5.41. The van der Waals surface area contributed by atoms with Crippen molar-refractivity contribution in [3.8, 4) is 22.3 Å². The van der Waals surface area contributed by atoms with Crippen LogP contribution in [0, 0.1) is 0 Å². The second-order valence-corrected chi connectivity index (χ2v) is 7.73. The molecule has 0 aliphatic carbocycles. The number of hydrogen-bond donors (Lipinski definition) is 0. The average molecular weight is 372 g/mol. The van der Waals surface area contributed by atoms with Gasteiger partial charge in [-0.05, 0) is 47.6 Å². The van der Waals surface area contributed by atoms with Crippen molar-refractivity contribution in [1.82, 2.24) is 4.98 Å². The van der Waals surface area contributed by atoms with Crippen LogP contribution in [0.3, 0.4) is 0 Å². The summed E-state index contributed by atoms with van der Waals surface area (Å²) in [4.78, 5) is 4.68. The second-order valence-electron chi connectivity index (χ2n) is 7.73. The topological polar surface area (TPSA) is 12.9 Å². The summed E-state index contributed by atoms with van der Waals surface area (Å²) < 4.78 is 0. The van der Waals surface area contributed by atoms with E-state index in [1.165, 1.54) is 72.0 Å². The summed E-state index contributed by atoms with van der Waals surface area (Å²) in [5.41, 5.74) is 7.60. The molecule has 0 saturated heterocycles. The molecule has 146 valence electrons. The van der Waals surface area contributed by atoms with Crippen molar-refractivity contribution in [2.45, 2.75) is 65.2 Å². The fourth-order valence-corrected chi connectivity index (χ4v) is 3.66. The first-order valence-electron chi connectivity index (χ1n) is 10.9. The van der Waals surface area contributed by atoms with Crippen LogP contribution in [0.5, 0.6) is 0 Å². The van der Waals surface area contributed by atoms with Crippen LogP contribution in [0.25, 0.3) is 22.3 Å². The third-order valence-electron chi connectivity index (χ3n) is 5.41. The van der Waals surface area contributed by atoms with Gasteiger partial charge in [0.15, 0.2) is 0 Å². The maximum absolute atomic E-state index is 4.68. The molecule has 0 saturated carbocycles. The SMILES string of the molecule is CCCCCCCc1ccc(-c2ccc(-c3ccc(CCC)cc3)cc2)cn1. The first kappa shape index (κ1) is 20.3. The van der Waals surface area contributed by atoms with E-state index in [-0.39, 0.29) is 0 Å². The molecule has 0 N–H and O–H groups in total. The molecule has 2 aromatic carbocycles. The normalized spacial score (nSPS) is 10.9. The molecule has 28 heavy (non-hydrogen) atoms. The summed E-state index contributed by atoms with van der Waals surface area (Å²) in [5, 5.41) is 0. The molecule has 0 bridgehead atoms. The lowest BCUT2D eigenvalue weighted by Gasteiger charge is -2.07. The van der Waals surface area contributed by atoms with Gasteiger partial charge < -0.3 is 0 Å². The molecule has 1 heteroatoms. The van der Waals surface area contributed by atoms with Crippen molar-refractivity contribution in [3.63, 3.8) is 0 Å². The summed E-state index contributed by atoms with van der Waals surface area (Å²) in [5.74, 6) is 0. The molecule has 3 aromatic rings.